The van der Waals surface area contributed by atoms with E-state index in [1.54, 1.807) is 42.5 Å². The number of aryl methyl sites for hydroxylation is 1. The van der Waals surface area contributed by atoms with Gasteiger partial charge in [-0.15, -0.1) is 0 Å². The molecule has 3 aromatic rings. The fraction of sp³-hybridized carbons (Fsp3) is 0.160. The van der Waals surface area contributed by atoms with Crippen LogP contribution in [0, 0.1) is 6.92 Å². The van der Waals surface area contributed by atoms with Crippen molar-refractivity contribution in [1.29, 1.82) is 0 Å². The molecule has 0 aliphatic carbocycles. The first-order valence-electron chi connectivity index (χ1n) is 10.4. The second-order valence-corrected chi connectivity index (χ2v) is 10.5. The topological polar surface area (TPSA) is 59.6 Å². The number of anilines is 1. The maximum absolute atomic E-state index is 12.6. The van der Waals surface area contributed by atoms with Gasteiger partial charge in [-0.2, -0.15) is 0 Å². The van der Waals surface area contributed by atoms with Crippen LogP contribution in [0.4, 0.5) is 5.69 Å². The second kappa shape index (κ2) is 11.2. The highest BCUT2D eigenvalue weighted by molar-refractivity contribution is 8.05. The zero-order valence-corrected chi connectivity index (χ0v) is 22.5. The van der Waals surface area contributed by atoms with Gasteiger partial charge in [-0.3, -0.25) is 4.79 Å². The van der Waals surface area contributed by atoms with Crippen LogP contribution in [-0.4, -0.2) is 18.5 Å². The molecule has 1 aliphatic rings. The van der Waals surface area contributed by atoms with Crippen LogP contribution >= 0.6 is 58.2 Å². The van der Waals surface area contributed by atoms with Gasteiger partial charge in [0.15, 0.2) is 17.0 Å². The molecule has 1 aliphatic heterocycles. The third-order valence-electron chi connectivity index (χ3n) is 5.14. The van der Waals surface area contributed by atoms with Crippen molar-refractivity contribution in [3.63, 3.8) is 0 Å². The molecule has 35 heavy (non-hydrogen) atoms. The molecule has 182 valence electrons. The second-order valence-electron chi connectivity index (χ2n) is 7.64. The Hall–Kier alpha value is -2.22. The number of nitrogens with one attached hydrogen (secondary N) is 2. The van der Waals surface area contributed by atoms with E-state index in [-0.39, 0.29) is 18.0 Å². The van der Waals surface area contributed by atoms with Crippen LogP contribution in [0.25, 0.3) is 6.08 Å². The van der Waals surface area contributed by atoms with Gasteiger partial charge in [-0.1, -0.05) is 64.2 Å². The van der Waals surface area contributed by atoms with Gasteiger partial charge < -0.3 is 20.1 Å². The lowest BCUT2D eigenvalue weighted by Crippen LogP contribution is -2.31. The molecule has 1 atom stereocenters. The number of thioether (sulfide) groups is 1. The van der Waals surface area contributed by atoms with Crippen molar-refractivity contribution in [3.8, 4) is 11.5 Å². The van der Waals surface area contributed by atoms with Gasteiger partial charge in [0.2, 0.25) is 0 Å². The van der Waals surface area contributed by atoms with E-state index in [1.807, 2.05) is 19.1 Å². The van der Waals surface area contributed by atoms with Crippen molar-refractivity contribution in [2.45, 2.75) is 19.0 Å². The largest absolute Gasteiger partial charge is 0.493 e. The first-order valence-corrected chi connectivity index (χ1v) is 12.8. The molecule has 1 fully saturated rings. The fourth-order valence-corrected chi connectivity index (χ4v) is 5.34. The van der Waals surface area contributed by atoms with Crippen molar-refractivity contribution in [3.05, 3.63) is 90.2 Å². The third-order valence-corrected chi connectivity index (χ3v) is 7.27. The van der Waals surface area contributed by atoms with E-state index in [0.29, 0.717) is 42.1 Å². The van der Waals surface area contributed by atoms with Gasteiger partial charge in [0, 0.05) is 26.3 Å². The van der Waals surface area contributed by atoms with Gasteiger partial charge in [-0.05, 0) is 66.6 Å². The van der Waals surface area contributed by atoms with Crippen molar-refractivity contribution >= 4 is 75.8 Å². The average molecular weight is 570 g/mol. The van der Waals surface area contributed by atoms with Crippen LogP contribution in [-0.2, 0) is 11.4 Å². The van der Waals surface area contributed by atoms with Gasteiger partial charge >= 0.3 is 0 Å². The Labute approximate surface area is 227 Å². The molecule has 1 saturated heterocycles. The highest BCUT2D eigenvalue weighted by atomic mass is 35.5. The van der Waals surface area contributed by atoms with Crippen LogP contribution in [0.3, 0.4) is 0 Å². The van der Waals surface area contributed by atoms with Crippen molar-refractivity contribution in [1.82, 2.24) is 5.32 Å². The zero-order chi connectivity index (χ0) is 25.1. The van der Waals surface area contributed by atoms with Crippen molar-refractivity contribution < 1.29 is 14.3 Å². The SMILES string of the molecule is COc1cc(/C=C2\SC(Nc3ccc(Cl)cc3C)NC2=O)cc(Cl)c1OCc1ccc(Cl)cc1Cl. The summed E-state index contributed by atoms with van der Waals surface area (Å²) >= 11 is 26.1. The minimum Gasteiger partial charge on any atom is -0.493 e. The predicted molar refractivity (Wildman–Crippen MR) is 146 cm³/mol. The summed E-state index contributed by atoms with van der Waals surface area (Å²) in [5.74, 6) is 0.625. The number of amides is 1. The predicted octanol–water partition coefficient (Wildman–Crippen LogP) is 7.80. The number of methoxy groups -OCH3 is 1. The summed E-state index contributed by atoms with van der Waals surface area (Å²) in [4.78, 5) is 13.1. The molecule has 1 unspecified atom stereocenters. The van der Waals surface area contributed by atoms with Gasteiger partial charge in [0.1, 0.15) is 6.61 Å². The van der Waals surface area contributed by atoms with Crippen LogP contribution in [0.15, 0.2) is 53.4 Å². The third kappa shape index (κ3) is 6.32. The number of rotatable bonds is 7. The highest BCUT2D eigenvalue weighted by Gasteiger charge is 2.27. The Morgan fingerprint density at radius 1 is 1.03 bits per heavy atom. The number of hydrogen-bond donors (Lipinski definition) is 2. The molecule has 1 amide bonds. The molecule has 1 heterocycles. The van der Waals surface area contributed by atoms with Crippen molar-refractivity contribution in [2.75, 3.05) is 12.4 Å². The van der Waals surface area contributed by atoms with Crippen LogP contribution in [0.2, 0.25) is 20.1 Å². The van der Waals surface area contributed by atoms with Crippen molar-refractivity contribution in [2.24, 2.45) is 0 Å². The Morgan fingerprint density at radius 3 is 2.49 bits per heavy atom. The molecule has 4 rings (SSSR count). The Morgan fingerprint density at radius 2 is 1.77 bits per heavy atom. The van der Waals surface area contributed by atoms with E-state index in [0.717, 1.165) is 16.8 Å². The van der Waals surface area contributed by atoms with E-state index in [4.69, 9.17) is 55.9 Å². The Balaban J connectivity index is 1.50. The number of carbonyl (C=O) groups excluding carboxylic acids is 1. The smallest absolute Gasteiger partial charge is 0.260 e. The molecule has 3 aromatic carbocycles. The molecule has 0 bridgehead atoms. The summed E-state index contributed by atoms with van der Waals surface area (Å²) in [5, 5.41) is 8.27. The first-order chi connectivity index (χ1) is 16.7. The van der Waals surface area contributed by atoms with Gasteiger partial charge in [0.25, 0.3) is 5.91 Å². The lowest BCUT2D eigenvalue weighted by molar-refractivity contribution is -0.116. The number of carbonyl (C=O) groups is 1. The zero-order valence-electron chi connectivity index (χ0n) is 18.6. The summed E-state index contributed by atoms with van der Waals surface area (Å²) in [6, 6.07) is 14.2. The van der Waals surface area contributed by atoms with E-state index >= 15 is 0 Å². The number of halogens is 4. The summed E-state index contributed by atoms with van der Waals surface area (Å²) in [7, 11) is 1.52. The number of ether oxygens (including phenoxy) is 2. The van der Waals surface area contributed by atoms with E-state index < -0.39 is 0 Å². The lowest BCUT2D eigenvalue weighted by Gasteiger charge is -2.15. The molecule has 0 saturated carbocycles. The molecule has 0 aromatic heterocycles. The lowest BCUT2D eigenvalue weighted by atomic mass is 10.1. The first kappa shape index (κ1) is 25.9. The minimum atomic E-state index is -0.322. The van der Waals surface area contributed by atoms with Crippen LogP contribution < -0.4 is 20.1 Å². The molecular weight excluding hydrogens is 550 g/mol. The molecule has 0 spiro atoms. The van der Waals surface area contributed by atoms with Crippen LogP contribution in [0.5, 0.6) is 11.5 Å². The molecule has 10 heteroatoms. The Kier molecular flexibility index (Phi) is 8.30. The maximum Gasteiger partial charge on any atom is 0.260 e. The highest BCUT2D eigenvalue weighted by Crippen LogP contribution is 2.39. The van der Waals surface area contributed by atoms with Gasteiger partial charge in [-0.25, -0.2) is 0 Å². The molecule has 0 radical (unpaired) electrons. The van der Waals surface area contributed by atoms with Crippen LogP contribution in [0.1, 0.15) is 16.7 Å². The quantitative estimate of drug-likeness (QED) is 0.284. The monoisotopic (exact) mass is 568 g/mol. The summed E-state index contributed by atoms with van der Waals surface area (Å²) in [6.45, 7) is 2.13. The van der Waals surface area contributed by atoms with E-state index in [2.05, 4.69) is 10.6 Å². The normalized spacial score (nSPS) is 16.3. The van der Waals surface area contributed by atoms with Gasteiger partial charge in [0.05, 0.1) is 17.0 Å². The minimum absolute atomic E-state index is 0.183. The van der Waals surface area contributed by atoms with E-state index in [9.17, 15) is 4.79 Å². The molecule has 5 nitrogen and oxygen atoms in total. The maximum atomic E-state index is 12.6. The summed E-state index contributed by atoms with van der Waals surface area (Å²) in [5.41, 5.74) is 3.01. The fourth-order valence-electron chi connectivity index (χ4n) is 3.40. The molecule has 2 N–H and O–H groups in total. The summed E-state index contributed by atoms with van der Waals surface area (Å²) < 4.78 is 11.4. The average Bonchev–Trinajstić information content (AvgIpc) is 3.14. The van der Waals surface area contributed by atoms with E-state index in [1.165, 1.54) is 18.9 Å². The Bertz CT molecular complexity index is 1320. The number of hydrogen-bond acceptors (Lipinski definition) is 5. The standard InChI is InChI=1S/C25H20Cl4N2O3S/c1-13-7-16(26)5-6-20(13)30-25-31-24(32)22(35-25)10-14-8-19(29)23(21(9-14)33-2)34-12-15-3-4-17(27)11-18(15)28/h3-11,25,30H,12H2,1-2H3,(H,31,32)/b22-10-. The summed E-state index contributed by atoms with van der Waals surface area (Å²) in [6.07, 6.45) is 1.75. The molecular formula is C25H20Cl4N2O3S. The number of benzene rings is 3.